The number of hydrogen-bond acceptors (Lipinski definition) is 4. The second kappa shape index (κ2) is 5.66. The molecule has 5 nitrogen and oxygen atoms in total. The molecule has 1 fully saturated rings. The van der Waals surface area contributed by atoms with E-state index in [-0.39, 0.29) is 23.4 Å². The summed E-state index contributed by atoms with van der Waals surface area (Å²) in [4.78, 5) is 23.5. The van der Waals surface area contributed by atoms with E-state index in [0.717, 1.165) is 34.1 Å². The van der Waals surface area contributed by atoms with E-state index in [0.29, 0.717) is 0 Å². The quantitative estimate of drug-likeness (QED) is 0.797. The van der Waals surface area contributed by atoms with Crippen molar-refractivity contribution in [2.24, 2.45) is 0 Å². The van der Waals surface area contributed by atoms with Gasteiger partial charge in [-0.2, -0.15) is 0 Å². The number of carbonyl (C=O) groups excluding carboxylic acids is 2. The summed E-state index contributed by atoms with van der Waals surface area (Å²) in [7, 11) is 0. The first-order valence-corrected chi connectivity index (χ1v) is 7.18. The predicted molar refractivity (Wildman–Crippen MR) is 81.1 cm³/mol. The molecule has 0 bridgehead atoms. The molecule has 0 aliphatic carbocycles. The van der Waals surface area contributed by atoms with Crippen LogP contribution in [0.1, 0.15) is 23.1 Å². The molecule has 1 aliphatic rings. The van der Waals surface area contributed by atoms with Gasteiger partial charge in [-0.1, -0.05) is 29.5 Å². The van der Waals surface area contributed by atoms with E-state index in [9.17, 15) is 9.59 Å². The minimum absolute atomic E-state index is 0.0750. The van der Waals surface area contributed by atoms with Gasteiger partial charge in [-0.05, 0) is 31.9 Å². The van der Waals surface area contributed by atoms with Gasteiger partial charge in [0.05, 0.1) is 0 Å². The summed E-state index contributed by atoms with van der Waals surface area (Å²) in [6.45, 7) is 5.90. The molecule has 20 heavy (non-hydrogen) atoms. The Morgan fingerprint density at radius 3 is 2.45 bits per heavy atom. The molecule has 1 atom stereocenters. The molecule has 0 saturated carbocycles. The van der Waals surface area contributed by atoms with Gasteiger partial charge in [-0.25, -0.2) is 0 Å². The van der Waals surface area contributed by atoms with Gasteiger partial charge in [0.1, 0.15) is 5.25 Å². The predicted octanol–water partition coefficient (Wildman–Crippen LogP) is 2.11. The lowest BCUT2D eigenvalue weighted by molar-refractivity contribution is -0.122. The Hall–Kier alpha value is -1.82. The third-order valence-electron chi connectivity index (χ3n) is 3.10. The molecule has 1 aromatic carbocycles. The Kier molecular flexibility index (Phi) is 4.13. The fourth-order valence-corrected chi connectivity index (χ4v) is 3.13. The lowest BCUT2D eigenvalue weighted by atomic mass is 10.0. The fourth-order valence-electron chi connectivity index (χ4n) is 2.29. The second-order valence-corrected chi connectivity index (χ2v) is 6.16. The number of carbonyl (C=O) groups is 2. The molecule has 1 aromatic rings. The first-order chi connectivity index (χ1) is 9.36. The largest absolute Gasteiger partial charge is 0.326 e. The molecule has 1 saturated heterocycles. The molecule has 0 aromatic heterocycles. The summed E-state index contributed by atoms with van der Waals surface area (Å²) >= 11 is 1.09. The van der Waals surface area contributed by atoms with Gasteiger partial charge in [-0.3, -0.25) is 15.0 Å². The minimum atomic E-state index is -0.506. The molecule has 3 N–H and O–H groups in total. The molecule has 106 valence electrons. The average molecular weight is 291 g/mol. The van der Waals surface area contributed by atoms with Crippen molar-refractivity contribution in [1.82, 2.24) is 5.32 Å². The molecule has 2 rings (SSSR count). The molecule has 0 spiro atoms. The van der Waals surface area contributed by atoms with Gasteiger partial charge in [-0.15, -0.1) is 0 Å². The SMILES string of the molecule is Cc1cc(C)c(NC(=O)CC2SC(=N)NC2=O)c(C)c1. The average Bonchev–Trinajstić information content (AvgIpc) is 2.62. The van der Waals surface area contributed by atoms with Crippen molar-refractivity contribution in [1.29, 1.82) is 5.41 Å². The zero-order valence-electron chi connectivity index (χ0n) is 11.7. The molecular formula is C14H17N3O2S. The molecule has 1 heterocycles. The maximum atomic E-state index is 12.0. The second-order valence-electron chi connectivity index (χ2n) is 4.95. The Morgan fingerprint density at radius 1 is 1.35 bits per heavy atom. The molecular weight excluding hydrogens is 274 g/mol. The normalized spacial score (nSPS) is 18.1. The van der Waals surface area contributed by atoms with E-state index in [1.807, 2.05) is 32.9 Å². The highest BCUT2D eigenvalue weighted by Crippen LogP contribution is 2.24. The zero-order chi connectivity index (χ0) is 14.9. The minimum Gasteiger partial charge on any atom is -0.326 e. The van der Waals surface area contributed by atoms with Gasteiger partial charge in [0.2, 0.25) is 11.8 Å². The number of nitrogens with one attached hydrogen (secondary N) is 3. The Bertz CT molecular complexity index is 575. The van der Waals surface area contributed by atoms with E-state index >= 15 is 0 Å². The highest BCUT2D eigenvalue weighted by Gasteiger charge is 2.31. The Balaban J connectivity index is 2.05. The zero-order valence-corrected chi connectivity index (χ0v) is 12.5. The fraction of sp³-hybridized carbons (Fsp3) is 0.357. The standard InChI is InChI=1S/C14H17N3O2S/c1-7-4-8(2)12(9(3)5-7)16-11(18)6-10-13(19)17-14(15)20-10/h4-5,10H,6H2,1-3H3,(H,16,18)(H2,15,17,19). The Labute approximate surface area is 122 Å². The first-order valence-electron chi connectivity index (χ1n) is 6.30. The monoisotopic (exact) mass is 291 g/mol. The third-order valence-corrected chi connectivity index (χ3v) is 4.10. The molecule has 0 radical (unpaired) electrons. The number of thioether (sulfide) groups is 1. The van der Waals surface area contributed by atoms with Crippen LogP contribution in [0.5, 0.6) is 0 Å². The van der Waals surface area contributed by atoms with E-state index in [2.05, 4.69) is 10.6 Å². The van der Waals surface area contributed by atoms with Gasteiger partial charge in [0.25, 0.3) is 0 Å². The van der Waals surface area contributed by atoms with Crippen molar-refractivity contribution in [2.45, 2.75) is 32.4 Å². The van der Waals surface area contributed by atoms with E-state index < -0.39 is 5.25 Å². The van der Waals surface area contributed by atoms with Crippen LogP contribution < -0.4 is 10.6 Å². The number of aryl methyl sites for hydroxylation is 3. The number of hydrogen-bond donors (Lipinski definition) is 3. The number of anilines is 1. The Morgan fingerprint density at radius 2 is 1.95 bits per heavy atom. The van der Waals surface area contributed by atoms with Gasteiger partial charge in [0, 0.05) is 12.1 Å². The van der Waals surface area contributed by atoms with Crippen LogP contribution in [-0.4, -0.2) is 22.2 Å². The summed E-state index contributed by atoms with van der Waals surface area (Å²) in [6.07, 6.45) is 0.0750. The highest BCUT2D eigenvalue weighted by molar-refractivity contribution is 8.15. The van der Waals surface area contributed by atoms with Crippen molar-refractivity contribution in [2.75, 3.05) is 5.32 Å². The van der Waals surface area contributed by atoms with Crippen LogP contribution in [0.3, 0.4) is 0 Å². The van der Waals surface area contributed by atoms with E-state index in [1.165, 1.54) is 0 Å². The molecule has 2 amide bonds. The van der Waals surface area contributed by atoms with E-state index in [1.54, 1.807) is 0 Å². The van der Waals surface area contributed by atoms with Crippen LogP contribution >= 0.6 is 11.8 Å². The summed E-state index contributed by atoms with van der Waals surface area (Å²) in [6, 6.07) is 4.02. The van der Waals surface area contributed by atoms with Gasteiger partial charge < -0.3 is 10.6 Å². The number of amidine groups is 1. The molecule has 1 aliphatic heterocycles. The van der Waals surface area contributed by atoms with Gasteiger partial charge in [0.15, 0.2) is 5.17 Å². The molecule has 1 unspecified atom stereocenters. The summed E-state index contributed by atoms with van der Waals surface area (Å²) in [5, 5.41) is 12.2. The number of rotatable bonds is 3. The van der Waals surface area contributed by atoms with Crippen LogP contribution in [0.25, 0.3) is 0 Å². The van der Waals surface area contributed by atoms with E-state index in [4.69, 9.17) is 5.41 Å². The smallest absolute Gasteiger partial charge is 0.240 e. The highest BCUT2D eigenvalue weighted by atomic mass is 32.2. The first kappa shape index (κ1) is 14.6. The third kappa shape index (κ3) is 3.19. The van der Waals surface area contributed by atoms with Crippen LogP contribution in [0.15, 0.2) is 12.1 Å². The number of amides is 2. The van der Waals surface area contributed by atoms with Crippen LogP contribution in [-0.2, 0) is 9.59 Å². The summed E-state index contributed by atoms with van der Waals surface area (Å²) < 4.78 is 0. The summed E-state index contributed by atoms with van der Waals surface area (Å²) in [5.74, 6) is -0.477. The lowest BCUT2D eigenvalue weighted by Gasteiger charge is -2.13. The van der Waals surface area contributed by atoms with Crippen molar-refractivity contribution < 1.29 is 9.59 Å². The van der Waals surface area contributed by atoms with Crippen LogP contribution in [0.2, 0.25) is 0 Å². The van der Waals surface area contributed by atoms with Crippen molar-refractivity contribution in [3.05, 3.63) is 28.8 Å². The lowest BCUT2D eigenvalue weighted by Crippen LogP contribution is -2.28. The summed E-state index contributed by atoms with van der Waals surface area (Å²) in [5.41, 5.74) is 3.97. The maximum absolute atomic E-state index is 12.0. The topological polar surface area (TPSA) is 82.1 Å². The van der Waals surface area contributed by atoms with Crippen molar-refractivity contribution in [3.63, 3.8) is 0 Å². The van der Waals surface area contributed by atoms with Crippen LogP contribution in [0, 0.1) is 26.2 Å². The van der Waals surface area contributed by atoms with Crippen LogP contribution in [0.4, 0.5) is 5.69 Å². The van der Waals surface area contributed by atoms with Crippen molar-refractivity contribution in [3.8, 4) is 0 Å². The van der Waals surface area contributed by atoms with Crippen molar-refractivity contribution >= 4 is 34.4 Å². The van der Waals surface area contributed by atoms with Gasteiger partial charge >= 0.3 is 0 Å². The molecule has 6 heteroatoms. The number of benzene rings is 1. The maximum Gasteiger partial charge on any atom is 0.240 e.